The lowest BCUT2D eigenvalue weighted by Gasteiger charge is -2.37. The maximum Gasteiger partial charge on any atom is 0.274 e. The van der Waals surface area contributed by atoms with E-state index in [4.69, 9.17) is 22.4 Å². The van der Waals surface area contributed by atoms with E-state index in [1.165, 1.54) is 0 Å². The Morgan fingerprint density at radius 3 is 2.83 bits per heavy atom. The van der Waals surface area contributed by atoms with Crippen molar-refractivity contribution in [3.8, 4) is 0 Å². The van der Waals surface area contributed by atoms with Crippen LogP contribution in [0.15, 0.2) is 12.1 Å². The molecule has 1 saturated carbocycles. The van der Waals surface area contributed by atoms with Crippen molar-refractivity contribution in [1.82, 2.24) is 9.88 Å². The first-order valence-corrected chi connectivity index (χ1v) is 6.35. The molecule has 0 saturated heterocycles. The highest BCUT2D eigenvalue weighted by molar-refractivity contribution is 6.33. The van der Waals surface area contributed by atoms with Gasteiger partial charge in [0.2, 0.25) is 0 Å². The molecule has 6 heteroatoms. The number of nitrogens with zero attached hydrogens (tertiary/aromatic N) is 2. The molecule has 0 aliphatic heterocycles. The number of aliphatic hydroxyl groups excluding tert-OH is 1. The zero-order chi connectivity index (χ0) is 13.1. The molecule has 5 nitrogen and oxygen atoms in total. The van der Waals surface area contributed by atoms with Gasteiger partial charge in [-0.3, -0.25) is 4.79 Å². The van der Waals surface area contributed by atoms with Gasteiger partial charge < -0.3 is 15.7 Å². The molecule has 0 spiro atoms. The molecule has 1 heterocycles. The topological polar surface area (TPSA) is 79.5 Å². The van der Waals surface area contributed by atoms with Gasteiger partial charge in [-0.25, -0.2) is 4.98 Å². The molecule has 98 valence electrons. The number of aliphatic hydroxyl groups is 1. The van der Waals surface area contributed by atoms with Crippen LogP contribution >= 0.6 is 11.6 Å². The predicted molar refractivity (Wildman–Crippen MR) is 69.4 cm³/mol. The van der Waals surface area contributed by atoms with Crippen LogP contribution in [0.2, 0.25) is 5.02 Å². The highest BCUT2D eigenvalue weighted by Crippen LogP contribution is 2.27. The van der Waals surface area contributed by atoms with E-state index in [9.17, 15) is 4.79 Å². The minimum Gasteiger partial charge on any atom is -0.395 e. The number of rotatable bonds is 4. The summed E-state index contributed by atoms with van der Waals surface area (Å²) in [5, 5.41) is 9.34. The maximum absolute atomic E-state index is 12.4. The molecular formula is C12H16ClN3O2. The quantitative estimate of drug-likeness (QED) is 0.864. The molecule has 0 radical (unpaired) electrons. The first-order chi connectivity index (χ1) is 8.63. The van der Waals surface area contributed by atoms with Gasteiger partial charge in [0.05, 0.1) is 11.6 Å². The van der Waals surface area contributed by atoms with Crippen LogP contribution in [0.4, 0.5) is 5.82 Å². The summed E-state index contributed by atoms with van der Waals surface area (Å²) in [5.74, 6) is 0.00589. The molecule has 0 bridgehead atoms. The molecule has 0 aromatic carbocycles. The summed E-state index contributed by atoms with van der Waals surface area (Å²) in [6, 6.07) is 3.30. The van der Waals surface area contributed by atoms with Crippen LogP contribution < -0.4 is 5.73 Å². The minimum absolute atomic E-state index is 0.0673. The Morgan fingerprint density at radius 1 is 1.56 bits per heavy atom. The van der Waals surface area contributed by atoms with Gasteiger partial charge in [0.1, 0.15) is 11.5 Å². The Balaban J connectivity index is 2.23. The van der Waals surface area contributed by atoms with Gasteiger partial charge in [0.25, 0.3) is 5.91 Å². The van der Waals surface area contributed by atoms with Crippen molar-refractivity contribution in [2.75, 3.05) is 18.9 Å². The fourth-order valence-corrected chi connectivity index (χ4v) is 2.19. The lowest BCUT2D eigenvalue weighted by atomic mass is 9.91. The van der Waals surface area contributed by atoms with Crippen LogP contribution in [-0.4, -0.2) is 40.1 Å². The molecule has 1 aromatic rings. The highest BCUT2D eigenvalue weighted by atomic mass is 35.5. The summed E-state index contributed by atoms with van der Waals surface area (Å²) >= 11 is 5.97. The first-order valence-electron chi connectivity index (χ1n) is 5.97. The standard InChI is InChI=1S/C12H16ClN3O2/c13-9-4-5-10(14)15-11(9)12(18)16(6-7-17)8-2-1-3-8/h4-5,8,17H,1-3,6-7H2,(H2,14,15). The van der Waals surface area contributed by atoms with Gasteiger partial charge in [-0.2, -0.15) is 0 Å². The second kappa shape index (κ2) is 5.54. The molecule has 2 rings (SSSR count). The van der Waals surface area contributed by atoms with Gasteiger partial charge in [-0.15, -0.1) is 0 Å². The van der Waals surface area contributed by atoms with Crippen molar-refractivity contribution in [2.24, 2.45) is 0 Å². The molecule has 18 heavy (non-hydrogen) atoms. The fraction of sp³-hybridized carbons (Fsp3) is 0.500. The molecule has 0 unspecified atom stereocenters. The van der Waals surface area contributed by atoms with Gasteiger partial charge in [0, 0.05) is 12.6 Å². The second-order valence-electron chi connectivity index (χ2n) is 4.37. The highest BCUT2D eigenvalue weighted by Gasteiger charge is 2.30. The van der Waals surface area contributed by atoms with E-state index in [0.29, 0.717) is 6.54 Å². The monoisotopic (exact) mass is 269 g/mol. The predicted octanol–water partition coefficient (Wildman–Crippen LogP) is 1.30. The molecule has 1 fully saturated rings. The average Bonchev–Trinajstić information content (AvgIpc) is 2.28. The van der Waals surface area contributed by atoms with Gasteiger partial charge >= 0.3 is 0 Å². The van der Waals surface area contributed by atoms with E-state index in [2.05, 4.69) is 4.98 Å². The van der Waals surface area contributed by atoms with Gasteiger partial charge in [0.15, 0.2) is 0 Å². The number of amides is 1. The number of aromatic nitrogens is 1. The summed E-state index contributed by atoms with van der Waals surface area (Å²) in [6.45, 7) is 0.235. The number of carbonyl (C=O) groups is 1. The first kappa shape index (κ1) is 13.1. The summed E-state index contributed by atoms with van der Waals surface area (Å²) in [5.41, 5.74) is 5.74. The van der Waals surface area contributed by atoms with E-state index in [1.54, 1.807) is 17.0 Å². The van der Waals surface area contributed by atoms with E-state index < -0.39 is 0 Å². The van der Waals surface area contributed by atoms with E-state index in [1.807, 2.05) is 0 Å². The van der Waals surface area contributed by atoms with Crippen LogP contribution in [0.1, 0.15) is 29.8 Å². The third kappa shape index (κ3) is 2.57. The smallest absolute Gasteiger partial charge is 0.274 e. The Morgan fingerprint density at radius 2 is 2.28 bits per heavy atom. The summed E-state index contributed by atoms with van der Waals surface area (Å²) in [6.07, 6.45) is 3.04. The van der Waals surface area contributed by atoms with E-state index in [-0.39, 0.29) is 35.1 Å². The zero-order valence-electron chi connectivity index (χ0n) is 9.97. The van der Waals surface area contributed by atoms with Gasteiger partial charge in [-0.1, -0.05) is 11.6 Å². The molecular weight excluding hydrogens is 254 g/mol. The summed E-state index contributed by atoms with van der Waals surface area (Å²) in [4.78, 5) is 18.0. The SMILES string of the molecule is Nc1ccc(Cl)c(C(=O)N(CCO)C2CCC2)n1. The van der Waals surface area contributed by atoms with Crippen LogP contribution in [0.25, 0.3) is 0 Å². The lowest BCUT2D eigenvalue weighted by molar-refractivity contribution is 0.0520. The Bertz CT molecular complexity index is 449. The van der Waals surface area contributed by atoms with Crippen LogP contribution in [0, 0.1) is 0 Å². The number of hydrogen-bond acceptors (Lipinski definition) is 4. The Hall–Kier alpha value is -1.33. The van der Waals surface area contributed by atoms with Crippen LogP contribution in [-0.2, 0) is 0 Å². The Labute approximate surface area is 111 Å². The number of halogens is 1. The zero-order valence-corrected chi connectivity index (χ0v) is 10.7. The number of anilines is 1. The molecule has 3 N–H and O–H groups in total. The lowest BCUT2D eigenvalue weighted by Crippen LogP contribution is -2.46. The maximum atomic E-state index is 12.4. The third-order valence-electron chi connectivity index (χ3n) is 3.19. The molecule has 1 amide bonds. The molecule has 0 atom stereocenters. The minimum atomic E-state index is -0.258. The number of nitrogens with two attached hydrogens (primary N) is 1. The van der Waals surface area contributed by atoms with Gasteiger partial charge in [-0.05, 0) is 31.4 Å². The van der Waals surface area contributed by atoms with Crippen molar-refractivity contribution >= 4 is 23.3 Å². The summed E-state index contributed by atoms with van der Waals surface area (Å²) in [7, 11) is 0. The molecule has 1 aromatic heterocycles. The van der Waals surface area contributed by atoms with E-state index >= 15 is 0 Å². The van der Waals surface area contributed by atoms with Crippen LogP contribution in [0.3, 0.4) is 0 Å². The van der Waals surface area contributed by atoms with Crippen molar-refractivity contribution in [1.29, 1.82) is 0 Å². The van der Waals surface area contributed by atoms with Crippen LogP contribution in [0.5, 0.6) is 0 Å². The fourth-order valence-electron chi connectivity index (χ4n) is 2.00. The third-order valence-corrected chi connectivity index (χ3v) is 3.49. The average molecular weight is 270 g/mol. The second-order valence-corrected chi connectivity index (χ2v) is 4.78. The Kier molecular flexibility index (Phi) is 4.04. The van der Waals surface area contributed by atoms with Crippen molar-refractivity contribution in [3.05, 3.63) is 22.8 Å². The van der Waals surface area contributed by atoms with E-state index in [0.717, 1.165) is 19.3 Å². The largest absolute Gasteiger partial charge is 0.395 e. The molecule has 1 aliphatic rings. The molecule has 1 aliphatic carbocycles. The van der Waals surface area contributed by atoms with Crippen molar-refractivity contribution in [3.63, 3.8) is 0 Å². The summed E-state index contributed by atoms with van der Waals surface area (Å²) < 4.78 is 0. The number of hydrogen-bond donors (Lipinski definition) is 2. The normalized spacial score (nSPS) is 15.2. The van der Waals surface area contributed by atoms with Crippen molar-refractivity contribution < 1.29 is 9.90 Å². The number of pyridine rings is 1. The number of nitrogen functional groups attached to an aromatic ring is 1. The number of carbonyl (C=O) groups excluding carboxylic acids is 1. The van der Waals surface area contributed by atoms with Crippen molar-refractivity contribution in [2.45, 2.75) is 25.3 Å².